The molecule has 324 valence electrons. The number of alkyl carbamates (subject to hydrolysis) is 1. The number of methoxy groups -OCH3 is 2. The number of ether oxygens (including phenoxy) is 6. The van der Waals surface area contributed by atoms with Crippen LogP contribution in [0.3, 0.4) is 0 Å². The summed E-state index contributed by atoms with van der Waals surface area (Å²) in [5.41, 5.74) is 2.98. The number of esters is 2. The van der Waals surface area contributed by atoms with E-state index in [2.05, 4.69) is 5.32 Å². The van der Waals surface area contributed by atoms with Crippen LogP contribution in [0.2, 0.25) is 0 Å². The lowest BCUT2D eigenvalue weighted by Gasteiger charge is -2.33. The minimum atomic E-state index is -1.05. The van der Waals surface area contributed by atoms with Crippen molar-refractivity contribution < 1.29 is 62.0 Å². The van der Waals surface area contributed by atoms with Crippen molar-refractivity contribution in [1.82, 2.24) is 15.1 Å². The minimum absolute atomic E-state index is 0.0968. The molecular weight excluding hydrogens is 778 g/mol. The molecule has 1 N–H and O–H groups in total. The first kappa shape index (κ1) is 44.1. The van der Waals surface area contributed by atoms with Crippen LogP contribution in [0.15, 0.2) is 30.3 Å². The van der Waals surface area contributed by atoms with Gasteiger partial charge in [-0.2, -0.15) is 0 Å². The number of aryl methyl sites for hydroxylation is 1. The number of ketones is 2. The average molecular weight is 834 g/mol. The van der Waals surface area contributed by atoms with E-state index in [0.29, 0.717) is 49.2 Å². The molecule has 0 saturated carbocycles. The highest BCUT2D eigenvalue weighted by Gasteiger charge is 2.45. The maximum absolute atomic E-state index is 13.8. The molecule has 3 heterocycles. The number of nitrogens with zero attached hydrogens (tertiary/aromatic N) is 2. The van der Waals surface area contributed by atoms with Crippen molar-refractivity contribution in [2.75, 3.05) is 34.0 Å². The Labute approximate surface area is 349 Å². The van der Waals surface area contributed by atoms with Gasteiger partial charge < -0.3 is 38.6 Å². The van der Waals surface area contributed by atoms with Gasteiger partial charge in [0.1, 0.15) is 36.1 Å². The maximum atomic E-state index is 13.8. The maximum Gasteiger partial charge on any atom is 0.411 e. The van der Waals surface area contributed by atoms with Crippen LogP contribution in [-0.2, 0) is 51.1 Å². The summed E-state index contributed by atoms with van der Waals surface area (Å²) in [7, 11) is 2.76. The molecule has 60 heavy (non-hydrogen) atoms. The number of nitrogens with one attached hydrogen (secondary N) is 1. The van der Waals surface area contributed by atoms with Gasteiger partial charge in [-0.25, -0.2) is 19.2 Å². The van der Waals surface area contributed by atoms with Gasteiger partial charge in [0.05, 0.1) is 13.7 Å². The van der Waals surface area contributed by atoms with Crippen molar-refractivity contribution in [3.8, 4) is 16.9 Å². The van der Waals surface area contributed by atoms with Crippen LogP contribution in [0, 0.1) is 11.8 Å². The molecule has 3 amide bonds. The predicted octanol–water partition coefficient (Wildman–Crippen LogP) is 5.04. The zero-order chi connectivity index (χ0) is 43.6. The third-order valence-electron chi connectivity index (χ3n) is 11.4. The van der Waals surface area contributed by atoms with Gasteiger partial charge in [-0.3, -0.25) is 19.3 Å². The van der Waals surface area contributed by atoms with Crippen molar-refractivity contribution in [2.24, 2.45) is 11.8 Å². The number of hydrogen-bond donors (Lipinski definition) is 1. The Morgan fingerprint density at radius 1 is 0.917 bits per heavy atom. The summed E-state index contributed by atoms with van der Waals surface area (Å²) < 4.78 is 32.9. The van der Waals surface area contributed by atoms with Gasteiger partial charge in [-0.1, -0.05) is 26.0 Å². The molecule has 0 aromatic heterocycles. The molecule has 2 aromatic carbocycles. The number of benzene rings is 2. The van der Waals surface area contributed by atoms with E-state index in [-0.39, 0.29) is 43.2 Å². The van der Waals surface area contributed by atoms with Gasteiger partial charge in [0.2, 0.25) is 11.7 Å². The van der Waals surface area contributed by atoms with Gasteiger partial charge in [-0.05, 0) is 101 Å². The second kappa shape index (κ2) is 18.0. The molecule has 6 rings (SSSR count). The standard InChI is InChI=1S/C44H55N3O13/c1-23(2)37(45-42(53)56-8)39(50)47-24(3)9-13-32(47)41(52)59-35-14-11-26-17-31-29-12-10-27(16-28(29)21-57-36(31)18-30(26)38(35)49)34(48)22-58-40(51)33-15-25(20-55-7)19-46(33)43(54)60-44(4,5)6/h10,12,16-18,23-25,32-33,35,37H,9,11,13-15,19-22H2,1-8H3,(H,45,53). The number of rotatable bonds is 11. The molecule has 16 nitrogen and oxygen atoms in total. The van der Waals surface area contributed by atoms with Crippen LogP contribution in [0.5, 0.6) is 5.75 Å². The lowest BCUT2D eigenvalue weighted by Crippen LogP contribution is -2.56. The molecular formula is C44H55N3O13. The van der Waals surface area contributed by atoms with Crippen LogP contribution >= 0.6 is 0 Å². The van der Waals surface area contributed by atoms with E-state index in [4.69, 9.17) is 28.4 Å². The zero-order valence-corrected chi connectivity index (χ0v) is 35.5. The molecule has 6 unspecified atom stereocenters. The van der Waals surface area contributed by atoms with Crippen molar-refractivity contribution in [3.63, 3.8) is 0 Å². The third kappa shape index (κ3) is 9.43. The van der Waals surface area contributed by atoms with Crippen LogP contribution in [-0.4, -0.2) is 121 Å². The Kier molecular flexibility index (Phi) is 13.2. The molecule has 0 spiro atoms. The summed E-state index contributed by atoms with van der Waals surface area (Å²) in [6, 6.07) is 5.65. The van der Waals surface area contributed by atoms with Crippen LogP contribution in [0.25, 0.3) is 11.1 Å². The topological polar surface area (TPSA) is 193 Å². The highest BCUT2D eigenvalue weighted by Crippen LogP contribution is 2.42. The Bertz CT molecular complexity index is 2040. The highest BCUT2D eigenvalue weighted by molar-refractivity contribution is 6.04. The summed E-state index contributed by atoms with van der Waals surface area (Å²) in [4.78, 5) is 95.3. The Morgan fingerprint density at radius 2 is 1.67 bits per heavy atom. The lowest BCUT2D eigenvalue weighted by atomic mass is 9.84. The van der Waals surface area contributed by atoms with E-state index in [9.17, 15) is 33.6 Å². The van der Waals surface area contributed by atoms with E-state index in [0.717, 1.165) is 22.3 Å². The Hall–Kier alpha value is -5.51. The van der Waals surface area contributed by atoms with E-state index in [1.54, 1.807) is 66.0 Å². The van der Waals surface area contributed by atoms with E-state index in [1.165, 1.54) is 16.9 Å². The van der Waals surface area contributed by atoms with Gasteiger partial charge in [0, 0.05) is 42.3 Å². The van der Waals surface area contributed by atoms with Crippen molar-refractivity contribution in [1.29, 1.82) is 0 Å². The molecule has 1 aliphatic carbocycles. The summed E-state index contributed by atoms with van der Waals surface area (Å²) >= 11 is 0. The third-order valence-corrected chi connectivity index (χ3v) is 11.4. The summed E-state index contributed by atoms with van der Waals surface area (Å²) in [5, 5.41) is 2.57. The first-order valence-electron chi connectivity index (χ1n) is 20.4. The quantitative estimate of drug-likeness (QED) is 0.180. The fourth-order valence-corrected chi connectivity index (χ4v) is 8.41. The molecule has 16 heteroatoms. The molecule has 2 saturated heterocycles. The first-order valence-corrected chi connectivity index (χ1v) is 20.4. The number of amides is 3. The zero-order valence-electron chi connectivity index (χ0n) is 35.5. The Morgan fingerprint density at radius 3 is 2.35 bits per heavy atom. The summed E-state index contributed by atoms with van der Waals surface area (Å²) in [5.74, 6) is -2.50. The number of likely N-dealkylation sites (tertiary alicyclic amines) is 2. The lowest BCUT2D eigenvalue weighted by molar-refractivity contribution is -0.158. The fourth-order valence-electron chi connectivity index (χ4n) is 8.41. The number of Topliss-reactive ketones (excluding diaryl/α,β-unsaturated/α-hetero) is 2. The molecule has 6 atom stereocenters. The second-order valence-electron chi connectivity index (χ2n) is 17.3. The highest BCUT2D eigenvalue weighted by atomic mass is 16.6. The number of fused-ring (bicyclic) bond motifs is 4. The average Bonchev–Trinajstić information content (AvgIpc) is 3.82. The van der Waals surface area contributed by atoms with Crippen LogP contribution in [0.1, 0.15) is 99.1 Å². The first-order chi connectivity index (χ1) is 28.4. The van der Waals surface area contributed by atoms with E-state index in [1.807, 2.05) is 13.0 Å². The molecule has 0 radical (unpaired) electrons. The number of hydrogen-bond acceptors (Lipinski definition) is 13. The van der Waals surface area contributed by atoms with Gasteiger partial charge in [0.25, 0.3) is 0 Å². The molecule has 2 fully saturated rings. The van der Waals surface area contributed by atoms with E-state index >= 15 is 0 Å². The van der Waals surface area contributed by atoms with E-state index < -0.39 is 72.3 Å². The van der Waals surface area contributed by atoms with Gasteiger partial charge in [0.15, 0.2) is 18.5 Å². The van der Waals surface area contributed by atoms with Crippen molar-refractivity contribution in [2.45, 2.75) is 116 Å². The van der Waals surface area contributed by atoms with Crippen LogP contribution in [0.4, 0.5) is 9.59 Å². The fraction of sp³-hybridized carbons (Fsp3) is 0.568. The smallest absolute Gasteiger partial charge is 0.411 e. The Balaban J connectivity index is 1.10. The van der Waals surface area contributed by atoms with Gasteiger partial charge >= 0.3 is 24.1 Å². The number of carbonyl (C=O) groups excluding carboxylic acids is 7. The molecule has 3 aliphatic heterocycles. The predicted molar refractivity (Wildman–Crippen MR) is 214 cm³/mol. The second-order valence-corrected chi connectivity index (χ2v) is 17.3. The minimum Gasteiger partial charge on any atom is -0.488 e. The van der Waals surface area contributed by atoms with Crippen molar-refractivity contribution in [3.05, 3.63) is 52.6 Å². The number of carbonyl (C=O) groups is 7. The summed E-state index contributed by atoms with van der Waals surface area (Å²) in [6.07, 6.45) is -0.538. The van der Waals surface area contributed by atoms with Crippen LogP contribution < -0.4 is 10.1 Å². The SMILES string of the molecule is COCC1CC(C(=O)OCC(=O)c2ccc3c(c2)COc2cc4c(cc2-3)CCC(OC(=O)C2CCC(C)N2C(=O)C(NC(=O)OC)C(C)C)C4=O)N(C(=O)OC(C)(C)C)C1. The molecule has 4 aliphatic rings. The van der Waals surface area contributed by atoms with Crippen molar-refractivity contribution >= 4 is 41.6 Å². The molecule has 2 aromatic rings. The monoisotopic (exact) mass is 833 g/mol. The summed E-state index contributed by atoms with van der Waals surface area (Å²) in [6.45, 7) is 10.8. The normalized spacial score (nSPS) is 22.5. The largest absolute Gasteiger partial charge is 0.488 e. The molecule has 0 bridgehead atoms. The van der Waals surface area contributed by atoms with Gasteiger partial charge in [-0.15, -0.1) is 0 Å².